The van der Waals surface area contributed by atoms with Crippen LogP contribution in [0.4, 0.5) is 0 Å². The van der Waals surface area contributed by atoms with Gasteiger partial charge in [0.05, 0.1) is 0 Å². The van der Waals surface area contributed by atoms with E-state index in [1.165, 1.54) is 109 Å². The van der Waals surface area contributed by atoms with Crippen LogP contribution in [-0.2, 0) is 28.6 Å². The van der Waals surface area contributed by atoms with Crippen molar-refractivity contribution >= 4 is 17.9 Å². The Hall–Kier alpha value is -4.71. The summed E-state index contributed by atoms with van der Waals surface area (Å²) in [7, 11) is 0. The number of rotatable bonds is 60. The summed E-state index contributed by atoms with van der Waals surface area (Å²) < 4.78 is 16.9. The SMILES string of the molecule is CC/C=C\C/C=C\C/C=C\C/C=C\C/C=C\C/C=C\CCCCCCCCCCCCCCCCC(=O)OCC(COC(=O)CCCCCCCCCC)OC(=O)CCCCCC/C=C\C/C=C\C/C=C\C/C=C\C/C=C\C/C=C\CC. The van der Waals surface area contributed by atoms with Gasteiger partial charge in [-0.05, 0) is 122 Å². The highest BCUT2D eigenvalue weighted by atomic mass is 16.6. The Morgan fingerprint density at radius 1 is 0.256 bits per heavy atom. The van der Waals surface area contributed by atoms with E-state index in [2.05, 4.69) is 167 Å². The third kappa shape index (κ3) is 66.1. The van der Waals surface area contributed by atoms with Gasteiger partial charge >= 0.3 is 17.9 Å². The smallest absolute Gasteiger partial charge is 0.306 e. The third-order valence-corrected chi connectivity index (χ3v) is 14.1. The molecule has 0 aliphatic carbocycles. The number of hydrogen-bond donors (Lipinski definition) is 0. The first-order chi connectivity index (χ1) is 40.5. The molecular formula is C76H124O6. The fourth-order valence-corrected chi connectivity index (χ4v) is 9.10. The average Bonchev–Trinajstić information content (AvgIpc) is 3.47. The predicted molar refractivity (Wildman–Crippen MR) is 357 cm³/mol. The van der Waals surface area contributed by atoms with E-state index in [4.69, 9.17) is 14.2 Å². The summed E-state index contributed by atoms with van der Waals surface area (Å²) in [6.45, 7) is 6.37. The number of hydrogen-bond acceptors (Lipinski definition) is 6. The van der Waals surface area contributed by atoms with Crippen molar-refractivity contribution in [3.05, 3.63) is 146 Å². The van der Waals surface area contributed by atoms with Gasteiger partial charge in [-0.1, -0.05) is 301 Å². The first-order valence-electron chi connectivity index (χ1n) is 33.8. The largest absolute Gasteiger partial charge is 0.462 e. The lowest BCUT2D eigenvalue weighted by atomic mass is 10.0. The molecule has 0 aromatic carbocycles. The molecular weight excluding hydrogens is 1010 g/mol. The van der Waals surface area contributed by atoms with Gasteiger partial charge in [0.15, 0.2) is 6.10 Å². The summed E-state index contributed by atoms with van der Waals surface area (Å²) >= 11 is 0. The quantitative estimate of drug-likeness (QED) is 0.0261. The maximum Gasteiger partial charge on any atom is 0.306 e. The van der Waals surface area contributed by atoms with Gasteiger partial charge in [-0.2, -0.15) is 0 Å². The number of carbonyl (C=O) groups excluding carboxylic acids is 3. The molecule has 0 aliphatic heterocycles. The van der Waals surface area contributed by atoms with Crippen molar-refractivity contribution in [3.63, 3.8) is 0 Å². The third-order valence-electron chi connectivity index (χ3n) is 14.1. The van der Waals surface area contributed by atoms with Crippen LogP contribution < -0.4 is 0 Å². The van der Waals surface area contributed by atoms with E-state index in [1.807, 2.05) is 0 Å². The molecule has 82 heavy (non-hydrogen) atoms. The van der Waals surface area contributed by atoms with Crippen molar-refractivity contribution in [1.82, 2.24) is 0 Å². The van der Waals surface area contributed by atoms with Crippen LogP contribution >= 0.6 is 0 Å². The van der Waals surface area contributed by atoms with Crippen LogP contribution in [-0.4, -0.2) is 37.2 Å². The summed E-state index contributed by atoms with van der Waals surface area (Å²) in [5.41, 5.74) is 0. The number of allylic oxidation sites excluding steroid dienone is 24. The molecule has 0 bridgehead atoms. The van der Waals surface area contributed by atoms with Crippen molar-refractivity contribution in [2.75, 3.05) is 13.2 Å². The van der Waals surface area contributed by atoms with Crippen LogP contribution in [0.25, 0.3) is 0 Å². The van der Waals surface area contributed by atoms with Crippen LogP contribution in [0.3, 0.4) is 0 Å². The van der Waals surface area contributed by atoms with Gasteiger partial charge in [0.25, 0.3) is 0 Å². The second-order valence-electron chi connectivity index (χ2n) is 22.0. The topological polar surface area (TPSA) is 78.9 Å². The summed E-state index contributed by atoms with van der Waals surface area (Å²) in [6, 6.07) is 0. The van der Waals surface area contributed by atoms with Crippen molar-refractivity contribution in [3.8, 4) is 0 Å². The standard InChI is InChI=1S/C76H124O6/c1-4-7-10-13-16-19-21-23-25-27-29-31-33-34-35-36-37-38-39-40-41-42-44-45-47-49-51-53-55-57-60-63-66-69-75(78)81-72-73(71-80-74(77)68-65-62-59-18-15-12-9-6-3)82-76(79)70-67-64-61-58-56-54-52-50-48-46-43-32-30-28-26-24-22-20-17-14-11-8-5-2/h7-8,10-11,16-17,19-20,23-26,29-32,34-35,37-38,46,48,52,54,73H,4-6,9,12-15,18,21-22,27-28,33,36,39-45,47,49-51,53,55-72H2,1-3H3/b10-7-,11-8-,19-16-,20-17-,25-23-,26-24-,31-29-,32-30-,35-34-,38-37-,48-46-,54-52-. The second-order valence-corrected chi connectivity index (χ2v) is 22.0. The Morgan fingerprint density at radius 2 is 0.476 bits per heavy atom. The van der Waals surface area contributed by atoms with Crippen LogP contribution in [0.15, 0.2) is 146 Å². The molecule has 0 radical (unpaired) electrons. The summed E-state index contributed by atoms with van der Waals surface area (Å²) in [4.78, 5) is 38.2. The van der Waals surface area contributed by atoms with E-state index < -0.39 is 6.10 Å². The molecule has 464 valence electrons. The molecule has 0 saturated heterocycles. The molecule has 6 heteroatoms. The Labute approximate surface area is 506 Å². The Bertz CT molecular complexity index is 1780. The zero-order valence-corrected chi connectivity index (χ0v) is 53.2. The average molecular weight is 1130 g/mol. The molecule has 1 unspecified atom stereocenters. The van der Waals surface area contributed by atoms with Gasteiger partial charge in [-0.15, -0.1) is 0 Å². The van der Waals surface area contributed by atoms with E-state index in [-0.39, 0.29) is 31.1 Å². The van der Waals surface area contributed by atoms with E-state index in [0.717, 1.165) is 148 Å². The van der Waals surface area contributed by atoms with E-state index in [9.17, 15) is 14.4 Å². The fourth-order valence-electron chi connectivity index (χ4n) is 9.10. The van der Waals surface area contributed by atoms with Gasteiger partial charge in [-0.25, -0.2) is 0 Å². The summed E-state index contributed by atoms with van der Waals surface area (Å²) in [5, 5.41) is 0. The van der Waals surface area contributed by atoms with Crippen LogP contribution in [0.2, 0.25) is 0 Å². The maximum atomic E-state index is 12.9. The molecule has 0 aromatic rings. The Morgan fingerprint density at radius 3 is 0.744 bits per heavy atom. The molecule has 0 aliphatic rings. The lowest BCUT2D eigenvalue weighted by Gasteiger charge is -2.18. The zero-order valence-electron chi connectivity index (χ0n) is 53.2. The highest BCUT2D eigenvalue weighted by molar-refractivity contribution is 5.71. The van der Waals surface area contributed by atoms with Gasteiger partial charge in [0.1, 0.15) is 13.2 Å². The van der Waals surface area contributed by atoms with Gasteiger partial charge < -0.3 is 14.2 Å². The van der Waals surface area contributed by atoms with Gasteiger partial charge in [0, 0.05) is 19.3 Å². The second kappa shape index (κ2) is 68.8. The monoisotopic (exact) mass is 1130 g/mol. The predicted octanol–water partition coefficient (Wildman–Crippen LogP) is 23.5. The van der Waals surface area contributed by atoms with Crippen molar-refractivity contribution in [2.24, 2.45) is 0 Å². The molecule has 0 N–H and O–H groups in total. The lowest BCUT2D eigenvalue weighted by Crippen LogP contribution is -2.30. The lowest BCUT2D eigenvalue weighted by molar-refractivity contribution is -0.167. The molecule has 0 spiro atoms. The zero-order chi connectivity index (χ0) is 59.2. The van der Waals surface area contributed by atoms with Gasteiger partial charge in [-0.3, -0.25) is 14.4 Å². The first kappa shape index (κ1) is 77.3. The maximum absolute atomic E-state index is 12.9. The molecule has 1 atom stereocenters. The fraction of sp³-hybridized carbons (Fsp3) is 0.645. The molecule has 0 fully saturated rings. The Kier molecular flexibility index (Phi) is 64.8. The highest BCUT2D eigenvalue weighted by Crippen LogP contribution is 2.16. The van der Waals surface area contributed by atoms with Crippen molar-refractivity contribution in [1.29, 1.82) is 0 Å². The van der Waals surface area contributed by atoms with Crippen LogP contribution in [0, 0.1) is 0 Å². The molecule has 0 saturated carbocycles. The minimum absolute atomic E-state index is 0.0901. The van der Waals surface area contributed by atoms with Crippen molar-refractivity contribution in [2.45, 2.75) is 303 Å². The van der Waals surface area contributed by atoms with E-state index >= 15 is 0 Å². The number of carbonyl (C=O) groups is 3. The number of esters is 3. The van der Waals surface area contributed by atoms with Crippen LogP contribution in [0.1, 0.15) is 297 Å². The Balaban J connectivity index is 4.18. The normalized spacial score (nSPS) is 13.1. The molecule has 0 heterocycles. The van der Waals surface area contributed by atoms with Crippen molar-refractivity contribution < 1.29 is 28.6 Å². The van der Waals surface area contributed by atoms with Gasteiger partial charge in [0.2, 0.25) is 0 Å². The minimum Gasteiger partial charge on any atom is -0.462 e. The summed E-state index contributed by atoms with van der Waals surface area (Å²) in [5.74, 6) is -0.917. The number of unbranched alkanes of at least 4 members (excludes halogenated alkanes) is 25. The summed E-state index contributed by atoms with van der Waals surface area (Å²) in [6.07, 6.45) is 98.8. The minimum atomic E-state index is -0.795. The molecule has 0 aromatic heterocycles. The first-order valence-corrected chi connectivity index (χ1v) is 33.8. The van der Waals surface area contributed by atoms with E-state index in [0.29, 0.717) is 19.3 Å². The molecule has 0 amide bonds. The number of ether oxygens (including phenoxy) is 3. The molecule has 0 rings (SSSR count). The molecule has 6 nitrogen and oxygen atoms in total. The van der Waals surface area contributed by atoms with E-state index in [1.54, 1.807) is 0 Å². The highest BCUT2D eigenvalue weighted by Gasteiger charge is 2.19. The van der Waals surface area contributed by atoms with Crippen LogP contribution in [0.5, 0.6) is 0 Å².